The second-order valence-electron chi connectivity index (χ2n) is 7.39. The van der Waals surface area contributed by atoms with Crippen LogP contribution >= 0.6 is 11.8 Å². The molecule has 0 radical (unpaired) electrons. The number of aromatic nitrogens is 1. The molecule has 5 nitrogen and oxygen atoms in total. The number of thioether (sulfide) groups is 1. The van der Waals surface area contributed by atoms with Gasteiger partial charge in [0.05, 0.1) is 4.91 Å². The van der Waals surface area contributed by atoms with E-state index in [1.165, 1.54) is 16.0 Å². The molecule has 1 aromatic heterocycles. The van der Waals surface area contributed by atoms with Crippen LogP contribution in [0.25, 0.3) is 17.0 Å². The average molecular weight is 421 g/mol. The Morgan fingerprint density at radius 3 is 2.60 bits per heavy atom. The summed E-state index contributed by atoms with van der Waals surface area (Å²) in [7, 11) is 1.61. The number of hydrogen-bond acceptors (Lipinski definition) is 4. The number of nitrogens with zero attached hydrogens (tertiary/aromatic N) is 2. The van der Waals surface area contributed by atoms with Crippen molar-refractivity contribution < 1.29 is 14.3 Å². The zero-order valence-electron chi connectivity index (χ0n) is 17.1. The van der Waals surface area contributed by atoms with E-state index < -0.39 is 0 Å². The molecule has 0 bridgehead atoms. The molecule has 154 valence electrons. The van der Waals surface area contributed by atoms with Gasteiger partial charge in [-0.05, 0) is 42.8 Å². The van der Waals surface area contributed by atoms with E-state index >= 15 is 0 Å². The van der Waals surface area contributed by atoms with Crippen LogP contribution in [0.5, 0.6) is 0 Å². The maximum atomic E-state index is 12.7. The van der Waals surface area contributed by atoms with Gasteiger partial charge in [-0.3, -0.25) is 14.5 Å². The van der Waals surface area contributed by atoms with Crippen LogP contribution in [0, 0.1) is 6.92 Å². The summed E-state index contributed by atoms with van der Waals surface area (Å²) < 4.78 is 7.22. The van der Waals surface area contributed by atoms with Gasteiger partial charge >= 0.3 is 0 Å². The molecule has 0 spiro atoms. The van der Waals surface area contributed by atoms with Crippen LogP contribution in [0.4, 0.5) is 4.79 Å². The lowest BCUT2D eigenvalue weighted by molar-refractivity contribution is -0.122. The molecule has 30 heavy (non-hydrogen) atoms. The number of imide groups is 1. The monoisotopic (exact) mass is 420 g/mol. The van der Waals surface area contributed by atoms with Gasteiger partial charge in [-0.2, -0.15) is 0 Å². The molecule has 6 heteroatoms. The number of amides is 2. The maximum absolute atomic E-state index is 12.7. The topological polar surface area (TPSA) is 51.5 Å². The Hall–Kier alpha value is -2.83. The van der Waals surface area contributed by atoms with Crippen LogP contribution in [0.3, 0.4) is 0 Å². The minimum absolute atomic E-state index is 0.217. The van der Waals surface area contributed by atoms with Crippen LogP contribution in [0.1, 0.15) is 23.1 Å². The summed E-state index contributed by atoms with van der Waals surface area (Å²) in [6, 6.07) is 16.6. The first-order chi connectivity index (χ1) is 14.6. The second-order valence-corrected chi connectivity index (χ2v) is 8.39. The third-order valence-corrected chi connectivity index (χ3v) is 6.09. The third-order valence-electron chi connectivity index (χ3n) is 5.18. The predicted molar refractivity (Wildman–Crippen MR) is 121 cm³/mol. The Kier molecular flexibility index (Phi) is 6.06. The molecule has 1 aliphatic rings. The normalized spacial score (nSPS) is 15.7. The van der Waals surface area contributed by atoms with Gasteiger partial charge in [-0.1, -0.05) is 48.0 Å². The number of hydrogen-bond donors (Lipinski definition) is 0. The third kappa shape index (κ3) is 4.20. The number of carbonyl (C=O) groups excluding carboxylic acids is 2. The zero-order valence-corrected chi connectivity index (χ0v) is 17.9. The molecule has 1 aliphatic heterocycles. The Bertz CT molecular complexity index is 1120. The molecule has 0 saturated carbocycles. The highest BCUT2D eigenvalue weighted by atomic mass is 32.2. The average Bonchev–Trinajstić information content (AvgIpc) is 3.22. The largest absolute Gasteiger partial charge is 0.385 e. The second kappa shape index (κ2) is 8.90. The molecule has 0 unspecified atom stereocenters. The Morgan fingerprint density at radius 2 is 1.83 bits per heavy atom. The first-order valence-electron chi connectivity index (χ1n) is 9.94. The summed E-state index contributed by atoms with van der Waals surface area (Å²) in [5, 5.41) is 0.849. The van der Waals surface area contributed by atoms with Gasteiger partial charge in [0.25, 0.3) is 11.1 Å². The summed E-state index contributed by atoms with van der Waals surface area (Å²) in [4.78, 5) is 26.8. The lowest BCUT2D eigenvalue weighted by Crippen LogP contribution is -2.29. The standard InChI is InChI=1S/C24H24N2O3S/c1-17-8-10-18(11-9-17)15-25-16-19(20-6-3-4-7-21(20)25)14-22-23(27)26(24(28)30-22)12-5-13-29-2/h3-4,6-11,14,16H,5,12-13,15H2,1-2H3/b22-14+. The van der Waals surface area contributed by atoms with Gasteiger partial charge in [0.1, 0.15) is 0 Å². The van der Waals surface area contributed by atoms with Crippen molar-refractivity contribution in [2.24, 2.45) is 0 Å². The smallest absolute Gasteiger partial charge is 0.293 e. The molecule has 0 atom stereocenters. The van der Waals surface area contributed by atoms with E-state index in [-0.39, 0.29) is 11.1 Å². The first-order valence-corrected chi connectivity index (χ1v) is 10.8. The molecular weight excluding hydrogens is 396 g/mol. The number of benzene rings is 2. The highest BCUT2D eigenvalue weighted by Crippen LogP contribution is 2.34. The lowest BCUT2D eigenvalue weighted by Gasteiger charge is -2.11. The van der Waals surface area contributed by atoms with Gasteiger partial charge in [-0.15, -0.1) is 0 Å². The fraction of sp³-hybridized carbons (Fsp3) is 0.250. The molecule has 2 aromatic carbocycles. The summed E-state index contributed by atoms with van der Waals surface area (Å²) in [6.07, 6.45) is 4.54. The van der Waals surface area contributed by atoms with Gasteiger partial charge in [0, 0.05) is 49.5 Å². The number of methoxy groups -OCH3 is 1. The van der Waals surface area contributed by atoms with Crippen LogP contribution in [-0.2, 0) is 16.1 Å². The van der Waals surface area contributed by atoms with Crippen molar-refractivity contribution >= 4 is 39.9 Å². The molecule has 1 saturated heterocycles. The fourth-order valence-corrected chi connectivity index (χ4v) is 4.47. The van der Waals surface area contributed by atoms with Gasteiger partial charge < -0.3 is 9.30 Å². The molecule has 0 aliphatic carbocycles. The minimum atomic E-state index is -0.225. The van der Waals surface area contributed by atoms with Crippen molar-refractivity contribution in [1.29, 1.82) is 0 Å². The number of aryl methyl sites for hydroxylation is 1. The fourth-order valence-electron chi connectivity index (χ4n) is 3.61. The van der Waals surface area contributed by atoms with Crippen molar-refractivity contribution in [2.45, 2.75) is 19.9 Å². The van der Waals surface area contributed by atoms with Crippen molar-refractivity contribution in [1.82, 2.24) is 9.47 Å². The van der Waals surface area contributed by atoms with E-state index in [0.717, 1.165) is 34.8 Å². The first kappa shape index (κ1) is 20.4. The summed E-state index contributed by atoms with van der Waals surface area (Å²) in [5.74, 6) is -0.225. The number of carbonyl (C=O) groups is 2. The highest BCUT2D eigenvalue weighted by molar-refractivity contribution is 8.18. The van der Waals surface area contributed by atoms with Crippen molar-refractivity contribution in [3.05, 3.63) is 76.3 Å². The molecule has 4 rings (SSSR count). The van der Waals surface area contributed by atoms with Gasteiger partial charge in [0.2, 0.25) is 0 Å². The number of para-hydroxylation sites is 1. The van der Waals surface area contributed by atoms with Gasteiger partial charge in [0.15, 0.2) is 0 Å². The summed E-state index contributed by atoms with van der Waals surface area (Å²) in [6.45, 7) is 3.72. The van der Waals surface area contributed by atoms with E-state index in [1.807, 2.05) is 18.2 Å². The van der Waals surface area contributed by atoms with E-state index in [4.69, 9.17) is 4.74 Å². The SMILES string of the molecule is COCCCN1C(=O)S/C(=C/c2cn(Cc3ccc(C)cc3)c3ccccc23)C1=O. The molecular formula is C24H24N2O3S. The zero-order chi connectivity index (χ0) is 21.1. The summed E-state index contributed by atoms with van der Waals surface area (Å²) in [5.41, 5.74) is 4.49. The molecule has 2 heterocycles. The Morgan fingerprint density at radius 1 is 1.07 bits per heavy atom. The van der Waals surface area contributed by atoms with Crippen LogP contribution in [-0.4, -0.2) is 40.9 Å². The van der Waals surface area contributed by atoms with Crippen molar-refractivity contribution in [3.63, 3.8) is 0 Å². The van der Waals surface area contributed by atoms with Crippen LogP contribution in [0.15, 0.2) is 59.6 Å². The van der Waals surface area contributed by atoms with Crippen molar-refractivity contribution in [2.75, 3.05) is 20.3 Å². The number of fused-ring (bicyclic) bond motifs is 1. The molecule has 2 amide bonds. The highest BCUT2D eigenvalue weighted by Gasteiger charge is 2.34. The molecule has 0 N–H and O–H groups in total. The number of ether oxygens (including phenoxy) is 1. The summed E-state index contributed by atoms with van der Waals surface area (Å²) >= 11 is 1.01. The number of rotatable bonds is 7. The van der Waals surface area contributed by atoms with Gasteiger partial charge in [-0.25, -0.2) is 0 Å². The maximum Gasteiger partial charge on any atom is 0.293 e. The predicted octanol–water partition coefficient (Wildman–Crippen LogP) is 5.07. The van der Waals surface area contributed by atoms with Crippen LogP contribution in [0.2, 0.25) is 0 Å². The Balaban J connectivity index is 1.64. The van der Waals surface area contributed by atoms with Crippen LogP contribution < -0.4 is 0 Å². The van der Waals surface area contributed by atoms with E-state index in [2.05, 4.69) is 54.1 Å². The quantitative estimate of drug-likeness (QED) is 0.395. The molecule has 3 aromatic rings. The van der Waals surface area contributed by atoms with E-state index in [0.29, 0.717) is 24.5 Å². The minimum Gasteiger partial charge on any atom is -0.385 e. The lowest BCUT2D eigenvalue weighted by atomic mass is 10.1. The van der Waals surface area contributed by atoms with E-state index in [1.54, 1.807) is 7.11 Å². The Labute approximate surface area is 180 Å². The van der Waals surface area contributed by atoms with Crippen molar-refractivity contribution in [3.8, 4) is 0 Å². The van der Waals surface area contributed by atoms with E-state index in [9.17, 15) is 9.59 Å². The molecule has 1 fully saturated rings.